The van der Waals surface area contributed by atoms with Crippen LogP contribution in [0.3, 0.4) is 0 Å². The van der Waals surface area contributed by atoms with Gasteiger partial charge in [-0.3, -0.25) is 0 Å². The van der Waals surface area contributed by atoms with Gasteiger partial charge in [-0.2, -0.15) is 0 Å². The first-order chi connectivity index (χ1) is 9.33. The Balaban J connectivity index is 2.60. The molecule has 0 aromatic heterocycles. The lowest BCUT2D eigenvalue weighted by Crippen LogP contribution is -2.25. The third-order valence-electron chi connectivity index (χ3n) is 2.93. The topological polar surface area (TPSA) is 72.2 Å². The number of sulfonamides is 1. The molecule has 1 rings (SSSR count). The fraction of sp³-hybridized carbons (Fsp3) is 0.500. The highest BCUT2D eigenvalue weighted by Gasteiger charge is 2.14. The van der Waals surface area contributed by atoms with Gasteiger partial charge in [0.2, 0.25) is 10.0 Å². The van der Waals surface area contributed by atoms with E-state index in [9.17, 15) is 8.42 Å². The van der Waals surface area contributed by atoms with Crippen molar-refractivity contribution in [3.05, 3.63) is 29.8 Å². The lowest BCUT2D eigenvalue weighted by Gasteiger charge is -2.08. The summed E-state index contributed by atoms with van der Waals surface area (Å²) in [7, 11) is -3.48. The molecule has 0 radical (unpaired) electrons. The largest absolute Gasteiger partial charge is 0.389 e. The van der Waals surface area contributed by atoms with Gasteiger partial charge in [0.1, 0.15) is 4.99 Å². The molecule has 0 bridgehead atoms. The summed E-state index contributed by atoms with van der Waals surface area (Å²) in [6.45, 7) is 4.77. The average Bonchev–Trinajstić information content (AvgIpc) is 2.38. The quantitative estimate of drug-likeness (QED) is 0.571. The average molecular weight is 314 g/mol. The van der Waals surface area contributed by atoms with Crippen LogP contribution in [0.4, 0.5) is 0 Å². The standard InChI is InChI=1S/C14H22N2O2S2/c1-11(2)6-3-4-9-16-20(17,18)13-8-5-7-12(10-13)14(15)19/h5,7-8,10-11,16H,3-4,6,9H2,1-2H3,(H2,15,19). The number of unbranched alkanes of at least 4 members (excludes halogenated alkanes) is 1. The number of nitrogens with one attached hydrogen (secondary N) is 1. The van der Waals surface area contributed by atoms with Crippen molar-refractivity contribution in [3.63, 3.8) is 0 Å². The molecule has 0 amide bonds. The van der Waals surface area contributed by atoms with Crippen LogP contribution in [-0.2, 0) is 10.0 Å². The third kappa shape index (κ3) is 5.56. The zero-order valence-corrected chi connectivity index (χ0v) is 13.6. The molecule has 112 valence electrons. The summed E-state index contributed by atoms with van der Waals surface area (Å²) < 4.78 is 26.8. The summed E-state index contributed by atoms with van der Waals surface area (Å²) in [6.07, 6.45) is 2.97. The van der Waals surface area contributed by atoms with Gasteiger partial charge in [-0.05, 0) is 24.5 Å². The molecular weight excluding hydrogens is 292 g/mol. The van der Waals surface area contributed by atoms with Crippen molar-refractivity contribution in [3.8, 4) is 0 Å². The van der Waals surface area contributed by atoms with Gasteiger partial charge < -0.3 is 5.73 Å². The monoisotopic (exact) mass is 314 g/mol. The number of nitrogens with two attached hydrogens (primary N) is 1. The Kier molecular flexibility index (Phi) is 6.58. The van der Waals surface area contributed by atoms with Gasteiger partial charge in [0.15, 0.2) is 0 Å². The van der Waals surface area contributed by atoms with Crippen molar-refractivity contribution in [2.75, 3.05) is 6.54 Å². The van der Waals surface area contributed by atoms with Gasteiger partial charge in [0, 0.05) is 12.1 Å². The van der Waals surface area contributed by atoms with Crippen LogP contribution in [0.1, 0.15) is 38.7 Å². The SMILES string of the molecule is CC(C)CCCCNS(=O)(=O)c1cccc(C(N)=S)c1. The maximum atomic E-state index is 12.1. The summed E-state index contributed by atoms with van der Waals surface area (Å²) in [6, 6.07) is 6.38. The van der Waals surface area contributed by atoms with Crippen LogP contribution < -0.4 is 10.5 Å². The summed E-state index contributed by atoms with van der Waals surface area (Å²) in [5.74, 6) is 0.647. The van der Waals surface area contributed by atoms with Crippen LogP contribution in [0.25, 0.3) is 0 Å². The van der Waals surface area contributed by atoms with Crippen molar-refractivity contribution >= 4 is 27.2 Å². The molecule has 0 aliphatic heterocycles. The second-order valence-electron chi connectivity index (χ2n) is 5.18. The highest BCUT2D eigenvalue weighted by molar-refractivity contribution is 7.89. The minimum Gasteiger partial charge on any atom is -0.389 e. The molecule has 1 aromatic rings. The minimum atomic E-state index is -3.48. The maximum Gasteiger partial charge on any atom is 0.240 e. The smallest absolute Gasteiger partial charge is 0.240 e. The normalized spacial score (nSPS) is 11.8. The lowest BCUT2D eigenvalue weighted by atomic mass is 10.1. The Morgan fingerprint density at radius 1 is 1.35 bits per heavy atom. The highest BCUT2D eigenvalue weighted by Crippen LogP contribution is 2.12. The molecule has 0 unspecified atom stereocenters. The molecule has 6 heteroatoms. The molecule has 0 saturated carbocycles. The predicted molar refractivity (Wildman–Crippen MR) is 86.2 cm³/mol. The molecule has 4 nitrogen and oxygen atoms in total. The molecule has 0 fully saturated rings. The third-order valence-corrected chi connectivity index (χ3v) is 4.62. The van der Waals surface area contributed by atoms with Crippen molar-refractivity contribution in [1.29, 1.82) is 0 Å². The summed E-state index contributed by atoms with van der Waals surface area (Å²) >= 11 is 4.85. The van der Waals surface area contributed by atoms with Gasteiger partial charge in [0.25, 0.3) is 0 Å². The highest BCUT2D eigenvalue weighted by atomic mass is 32.2. The Bertz CT molecular complexity index is 554. The molecule has 0 saturated heterocycles. The molecule has 0 aliphatic carbocycles. The van der Waals surface area contributed by atoms with Gasteiger partial charge in [0.05, 0.1) is 4.90 Å². The van der Waals surface area contributed by atoms with E-state index in [0.29, 0.717) is 18.0 Å². The minimum absolute atomic E-state index is 0.194. The van der Waals surface area contributed by atoms with Gasteiger partial charge >= 0.3 is 0 Å². The molecule has 0 heterocycles. The van der Waals surface area contributed by atoms with E-state index < -0.39 is 10.0 Å². The van der Waals surface area contributed by atoms with Crippen LogP contribution in [0, 0.1) is 5.92 Å². The predicted octanol–water partition coefficient (Wildman–Crippen LogP) is 2.43. The molecule has 0 spiro atoms. The van der Waals surface area contributed by atoms with Crippen molar-refractivity contribution in [2.45, 2.75) is 38.0 Å². The first-order valence-corrected chi connectivity index (χ1v) is 8.61. The van der Waals surface area contributed by atoms with E-state index in [1.54, 1.807) is 12.1 Å². The molecule has 0 atom stereocenters. The summed E-state index contributed by atoms with van der Waals surface area (Å²) in [5, 5.41) is 0. The Hall–Kier alpha value is -0.980. The van der Waals surface area contributed by atoms with Crippen LogP contribution in [0.15, 0.2) is 29.2 Å². The zero-order valence-electron chi connectivity index (χ0n) is 11.9. The zero-order chi connectivity index (χ0) is 15.2. The van der Waals surface area contributed by atoms with E-state index in [0.717, 1.165) is 19.3 Å². The fourth-order valence-electron chi connectivity index (χ4n) is 1.78. The van der Waals surface area contributed by atoms with E-state index in [-0.39, 0.29) is 9.88 Å². The second-order valence-corrected chi connectivity index (χ2v) is 7.39. The Morgan fingerprint density at radius 3 is 2.65 bits per heavy atom. The molecular formula is C14H22N2O2S2. The molecule has 1 aromatic carbocycles. The van der Waals surface area contributed by atoms with E-state index in [4.69, 9.17) is 18.0 Å². The summed E-state index contributed by atoms with van der Waals surface area (Å²) in [4.78, 5) is 0.394. The molecule has 3 N–H and O–H groups in total. The first-order valence-electron chi connectivity index (χ1n) is 6.72. The van der Waals surface area contributed by atoms with Crippen molar-refractivity contribution in [2.24, 2.45) is 11.7 Å². The van der Waals surface area contributed by atoms with Gasteiger partial charge in [-0.1, -0.05) is 51.0 Å². The number of hydrogen-bond acceptors (Lipinski definition) is 3. The maximum absolute atomic E-state index is 12.1. The fourth-order valence-corrected chi connectivity index (χ4v) is 3.03. The van der Waals surface area contributed by atoms with Crippen molar-refractivity contribution in [1.82, 2.24) is 4.72 Å². The summed E-state index contributed by atoms with van der Waals surface area (Å²) in [5.41, 5.74) is 6.07. The number of thiocarbonyl (C=S) groups is 1. The van der Waals surface area contributed by atoms with E-state index in [1.165, 1.54) is 12.1 Å². The van der Waals surface area contributed by atoms with E-state index in [2.05, 4.69) is 18.6 Å². The van der Waals surface area contributed by atoms with Crippen LogP contribution in [-0.4, -0.2) is 20.0 Å². The lowest BCUT2D eigenvalue weighted by molar-refractivity contribution is 0.530. The molecule has 0 aliphatic rings. The van der Waals surface area contributed by atoms with E-state index >= 15 is 0 Å². The van der Waals surface area contributed by atoms with Gasteiger partial charge in [-0.15, -0.1) is 0 Å². The van der Waals surface area contributed by atoms with Gasteiger partial charge in [-0.25, -0.2) is 13.1 Å². The Labute approximate surface area is 126 Å². The van der Waals surface area contributed by atoms with Crippen LogP contribution in [0.2, 0.25) is 0 Å². The molecule has 20 heavy (non-hydrogen) atoms. The van der Waals surface area contributed by atoms with Crippen molar-refractivity contribution < 1.29 is 8.42 Å². The van der Waals surface area contributed by atoms with E-state index in [1.807, 2.05) is 0 Å². The Morgan fingerprint density at radius 2 is 2.05 bits per heavy atom. The number of rotatable bonds is 8. The van der Waals surface area contributed by atoms with Crippen LogP contribution >= 0.6 is 12.2 Å². The first kappa shape index (κ1) is 17.1. The second kappa shape index (κ2) is 7.71. The number of benzene rings is 1. The number of hydrogen-bond donors (Lipinski definition) is 2. The van der Waals surface area contributed by atoms with Crippen LogP contribution in [0.5, 0.6) is 0 Å².